The maximum Gasteiger partial charge on any atom is 0.286 e. The summed E-state index contributed by atoms with van der Waals surface area (Å²) in [5.74, 6) is 0.639. The highest BCUT2D eigenvalue weighted by atomic mass is 16.6. The molecule has 8 heteroatoms. The number of ether oxygens (including phenoxy) is 3. The number of nitrogens with one attached hydrogen (secondary N) is 1. The SMILES string of the molecule is CCOc1cc(C(=O)N[C@@H]2CCOc3ccccc32)c([N+](=O)[O-])cc1OC. The third-order valence-corrected chi connectivity index (χ3v) is 4.29. The molecule has 8 nitrogen and oxygen atoms in total. The third kappa shape index (κ3) is 3.79. The summed E-state index contributed by atoms with van der Waals surface area (Å²) in [6.07, 6.45) is 0.574. The highest BCUT2D eigenvalue weighted by Gasteiger charge is 2.28. The lowest BCUT2D eigenvalue weighted by Crippen LogP contribution is -2.32. The lowest BCUT2D eigenvalue weighted by atomic mass is 10.00. The average molecular weight is 372 g/mol. The van der Waals surface area contributed by atoms with E-state index in [2.05, 4.69) is 5.32 Å². The minimum Gasteiger partial charge on any atom is -0.493 e. The quantitative estimate of drug-likeness (QED) is 0.617. The van der Waals surface area contributed by atoms with E-state index in [4.69, 9.17) is 14.2 Å². The zero-order chi connectivity index (χ0) is 19.4. The van der Waals surface area contributed by atoms with E-state index in [1.807, 2.05) is 24.3 Å². The van der Waals surface area contributed by atoms with Crippen LogP contribution in [0.4, 0.5) is 5.69 Å². The molecule has 142 valence electrons. The Labute approximate surface area is 156 Å². The molecule has 0 fully saturated rings. The van der Waals surface area contributed by atoms with Gasteiger partial charge in [0.25, 0.3) is 11.6 Å². The van der Waals surface area contributed by atoms with Crippen molar-refractivity contribution in [3.05, 3.63) is 57.6 Å². The Bertz CT molecular complexity index is 867. The molecule has 2 aromatic carbocycles. The van der Waals surface area contributed by atoms with Gasteiger partial charge >= 0.3 is 0 Å². The Balaban J connectivity index is 1.94. The predicted molar refractivity (Wildman–Crippen MR) is 97.6 cm³/mol. The fraction of sp³-hybridized carbons (Fsp3) is 0.316. The van der Waals surface area contributed by atoms with Gasteiger partial charge in [-0.3, -0.25) is 14.9 Å². The average Bonchev–Trinajstić information content (AvgIpc) is 2.68. The molecule has 2 aromatic rings. The molecule has 0 saturated heterocycles. The zero-order valence-electron chi connectivity index (χ0n) is 15.1. The number of fused-ring (bicyclic) bond motifs is 1. The number of nitrogens with zero attached hydrogens (tertiary/aromatic N) is 1. The minimum atomic E-state index is -0.606. The van der Waals surface area contributed by atoms with Gasteiger partial charge in [0.1, 0.15) is 11.3 Å². The summed E-state index contributed by atoms with van der Waals surface area (Å²) in [5.41, 5.74) is 0.430. The van der Waals surface area contributed by atoms with Crippen molar-refractivity contribution in [2.24, 2.45) is 0 Å². The number of para-hydroxylation sites is 1. The van der Waals surface area contributed by atoms with Crippen molar-refractivity contribution in [2.75, 3.05) is 20.3 Å². The second-order valence-electron chi connectivity index (χ2n) is 5.91. The molecule has 3 rings (SSSR count). The fourth-order valence-electron chi connectivity index (χ4n) is 3.04. The van der Waals surface area contributed by atoms with Crippen LogP contribution in [0.2, 0.25) is 0 Å². The Morgan fingerprint density at radius 1 is 1.33 bits per heavy atom. The van der Waals surface area contributed by atoms with Crippen LogP contribution in [0.3, 0.4) is 0 Å². The Hall–Kier alpha value is -3.29. The molecule has 1 heterocycles. The molecule has 0 radical (unpaired) electrons. The fourth-order valence-corrected chi connectivity index (χ4v) is 3.04. The smallest absolute Gasteiger partial charge is 0.286 e. The molecule has 27 heavy (non-hydrogen) atoms. The highest BCUT2D eigenvalue weighted by molar-refractivity contribution is 5.99. The Morgan fingerprint density at radius 2 is 2.11 bits per heavy atom. The maximum atomic E-state index is 12.9. The number of carbonyl (C=O) groups excluding carboxylic acids is 1. The maximum absolute atomic E-state index is 12.9. The monoisotopic (exact) mass is 372 g/mol. The summed E-state index contributed by atoms with van der Waals surface area (Å²) in [5, 5.41) is 14.3. The van der Waals surface area contributed by atoms with Crippen molar-refractivity contribution < 1.29 is 23.9 Å². The van der Waals surface area contributed by atoms with Crippen LogP contribution in [0.5, 0.6) is 17.2 Å². The number of nitro benzene ring substituents is 1. The van der Waals surface area contributed by atoms with E-state index in [1.54, 1.807) is 6.92 Å². The summed E-state index contributed by atoms with van der Waals surface area (Å²) in [6, 6.07) is 9.67. The molecule has 1 amide bonds. The minimum absolute atomic E-state index is 0.0757. The molecule has 1 atom stereocenters. The second-order valence-corrected chi connectivity index (χ2v) is 5.91. The molecule has 1 aliphatic rings. The third-order valence-electron chi connectivity index (χ3n) is 4.29. The number of methoxy groups -OCH3 is 1. The molecule has 0 bridgehead atoms. The van der Waals surface area contributed by atoms with Gasteiger partial charge in [-0.15, -0.1) is 0 Å². The summed E-state index contributed by atoms with van der Waals surface area (Å²) < 4.78 is 16.2. The zero-order valence-corrected chi connectivity index (χ0v) is 15.1. The lowest BCUT2D eigenvalue weighted by Gasteiger charge is -2.26. The number of amides is 1. The van der Waals surface area contributed by atoms with Crippen LogP contribution < -0.4 is 19.5 Å². The van der Waals surface area contributed by atoms with Gasteiger partial charge in [-0.05, 0) is 13.0 Å². The van der Waals surface area contributed by atoms with Crippen molar-refractivity contribution in [1.82, 2.24) is 5.32 Å². The first-order valence-corrected chi connectivity index (χ1v) is 8.57. The van der Waals surface area contributed by atoms with Gasteiger partial charge in [0, 0.05) is 18.1 Å². The molecule has 0 unspecified atom stereocenters. The van der Waals surface area contributed by atoms with Crippen molar-refractivity contribution in [1.29, 1.82) is 0 Å². The highest BCUT2D eigenvalue weighted by Crippen LogP contribution is 2.36. The normalized spacial score (nSPS) is 15.3. The topological polar surface area (TPSA) is 99.9 Å². The van der Waals surface area contributed by atoms with E-state index >= 15 is 0 Å². The molecule has 1 N–H and O–H groups in total. The summed E-state index contributed by atoms with van der Waals surface area (Å²) in [7, 11) is 1.39. The molecule has 1 aliphatic heterocycles. The van der Waals surface area contributed by atoms with E-state index in [1.165, 1.54) is 19.2 Å². The van der Waals surface area contributed by atoms with Gasteiger partial charge in [-0.2, -0.15) is 0 Å². The van der Waals surface area contributed by atoms with Crippen molar-refractivity contribution in [3.63, 3.8) is 0 Å². The molecule has 0 saturated carbocycles. The lowest BCUT2D eigenvalue weighted by molar-refractivity contribution is -0.385. The predicted octanol–water partition coefficient (Wildman–Crippen LogP) is 3.26. The summed E-state index contributed by atoms with van der Waals surface area (Å²) in [6.45, 7) is 2.57. The van der Waals surface area contributed by atoms with Crippen LogP contribution in [0.1, 0.15) is 35.3 Å². The molecule has 0 spiro atoms. The summed E-state index contributed by atoms with van der Waals surface area (Å²) >= 11 is 0. The molecular formula is C19H20N2O6. The number of rotatable bonds is 6. The first kappa shape index (κ1) is 18.5. The van der Waals surface area contributed by atoms with Crippen LogP contribution in [0.25, 0.3) is 0 Å². The molecule has 0 aromatic heterocycles. The Morgan fingerprint density at radius 3 is 2.81 bits per heavy atom. The van der Waals surface area contributed by atoms with Crippen LogP contribution in [-0.4, -0.2) is 31.2 Å². The first-order valence-electron chi connectivity index (χ1n) is 8.57. The number of nitro groups is 1. The van der Waals surface area contributed by atoms with E-state index in [0.29, 0.717) is 25.4 Å². The van der Waals surface area contributed by atoms with Gasteiger partial charge < -0.3 is 19.5 Å². The first-order chi connectivity index (χ1) is 13.0. The Kier molecular flexibility index (Phi) is 5.44. The van der Waals surface area contributed by atoms with Crippen molar-refractivity contribution in [2.45, 2.75) is 19.4 Å². The summed E-state index contributed by atoms with van der Waals surface area (Å²) in [4.78, 5) is 23.7. The van der Waals surface area contributed by atoms with Crippen LogP contribution in [0.15, 0.2) is 36.4 Å². The van der Waals surface area contributed by atoms with Crippen molar-refractivity contribution in [3.8, 4) is 17.2 Å². The van der Waals surface area contributed by atoms with Crippen LogP contribution >= 0.6 is 0 Å². The van der Waals surface area contributed by atoms with Crippen LogP contribution in [-0.2, 0) is 0 Å². The van der Waals surface area contributed by atoms with Crippen LogP contribution in [0, 0.1) is 10.1 Å². The van der Waals surface area contributed by atoms with E-state index < -0.39 is 10.8 Å². The number of hydrogen-bond acceptors (Lipinski definition) is 6. The second kappa shape index (κ2) is 7.94. The largest absolute Gasteiger partial charge is 0.493 e. The van der Waals surface area contributed by atoms with Gasteiger partial charge in [-0.1, -0.05) is 18.2 Å². The standard InChI is InChI=1S/C19H20N2O6/c1-3-26-18-10-13(15(21(23)24)11-17(18)25-2)19(22)20-14-8-9-27-16-7-5-4-6-12(14)16/h4-7,10-11,14H,3,8-9H2,1-2H3,(H,20,22)/t14-/m1/s1. The molecule has 0 aliphatic carbocycles. The van der Waals surface area contributed by atoms with E-state index in [0.717, 1.165) is 5.56 Å². The number of benzene rings is 2. The van der Waals surface area contributed by atoms with Gasteiger partial charge in [0.05, 0.1) is 37.4 Å². The molecular weight excluding hydrogens is 352 g/mol. The van der Waals surface area contributed by atoms with E-state index in [-0.39, 0.29) is 28.8 Å². The van der Waals surface area contributed by atoms with Gasteiger partial charge in [0.15, 0.2) is 11.5 Å². The van der Waals surface area contributed by atoms with Crippen molar-refractivity contribution >= 4 is 11.6 Å². The van der Waals surface area contributed by atoms with Gasteiger partial charge in [-0.25, -0.2) is 0 Å². The number of hydrogen-bond donors (Lipinski definition) is 1. The number of carbonyl (C=O) groups is 1. The van der Waals surface area contributed by atoms with Gasteiger partial charge in [0.2, 0.25) is 0 Å². The van der Waals surface area contributed by atoms with E-state index in [9.17, 15) is 14.9 Å².